The maximum Gasteiger partial charge on any atom is 0.336 e. The summed E-state index contributed by atoms with van der Waals surface area (Å²) in [6.45, 7) is 5.63. The number of esters is 1. The third-order valence-corrected chi connectivity index (χ3v) is 3.83. The number of benzene rings is 1. The largest absolute Gasteiger partial charge is 0.497 e. The van der Waals surface area contributed by atoms with E-state index in [1.54, 1.807) is 18.2 Å². The highest BCUT2D eigenvalue weighted by molar-refractivity contribution is 5.82. The van der Waals surface area contributed by atoms with Crippen LogP contribution in [0.2, 0.25) is 0 Å². The number of ether oxygens (including phenoxy) is 2. The van der Waals surface area contributed by atoms with Gasteiger partial charge in [-0.15, -0.1) is 0 Å². The number of rotatable bonds is 5. The van der Waals surface area contributed by atoms with Crippen molar-refractivity contribution in [3.8, 4) is 5.75 Å². The first-order valence-corrected chi connectivity index (χ1v) is 7.15. The molecule has 0 aliphatic rings. The minimum absolute atomic E-state index is 0.0384. The van der Waals surface area contributed by atoms with Crippen LogP contribution in [0.5, 0.6) is 5.75 Å². The first-order chi connectivity index (χ1) is 10.4. The highest BCUT2D eigenvalue weighted by Gasteiger charge is 2.27. The van der Waals surface area contributed by atoms with Crippen LogP contribution in [0.3, 0.4) is 0 Å². The van der Waals surface area contributed by atoms with Crippen molar-refractivity contribution >= 4 is 16.9 Å². The zero-order chi connectivity index (χ0) is 16.3. The number of carbonyl (C=O) groups excluding carboxylic acids is 1. The van der Waals surface area contributed by atoms with Crippen molar-refractivity contribution in [1.29, 1.82) is 0 Å². The normalized spacial score (nSPS) is 11.5. The Morgan fingerprint density at radius 3 is 2.64 bits per heavy atom. The third kappa shape index (κ3) is 3.30. The second kappa shape index (κ2) is 6.22. The minimum Gasteiger partial charge on any atom is -0.497 e. The predicted octanol–water partition coefficient (Wildman–Crippen LogP) is 3.28. The highest BCUT2D eigenvalue weighted by atomic mass is 16.5. The summed E-state index contributed by atoms with van der Waals surface area (Å²) in [6.07, 6.45) is 0.681. The summed E-state index contributed by atoms with van der Waals surface area (Å²) < 4.78 is 15.6. The van der Waals surface area contributed by atoms with Crippen molar-refractivity contribution in [2.45, 2.75) is 33.8 Å². The Bertz CT molecular complexity index is 742. The van der Waals surface area contributed by atoms with Crippen LogP contribution >= 0.6 is 0 Å². The Morgan fingerprint density at radius 2 is 2.00 bits per heavy atom. The molecule has 0 spiro atoms. The van der Waals surface area contributed by atoms with Crippen molar-refractivity contribution < 1.29 is 18.7 Å². The van der Waals surface area contributed by atoms with Crippen LogP contribution < -0.4 is 10.4 Å². The Morgan fingerprint density at radius 1 is 1.27 bits per heavy atom. The zero-order valence-corrected chi connectivity index (χ0v) is 13.3. The van der Waals surface area contributed by atoms with Gasteiger partial charge in [0.05, 0.1) is 12.5 Å². The molecule has 0 saturated heterocycles. The monoisotopic (exact) mass is 304 g/mol. The molecule has 118 valence electrons. The van der Waals surface area contributed by atoms with Crippen LogP contribution in [-0.4, -0.2) is 13.1 Å². The number of methoxy groups -OCH3 is 1. The van der Waals surface area contributed by atoms with Crippen LogP contribution in [0.15, 0.2) is 33.5 Å². The van der Waals surface area contributed by atoms with Gasteiger partial charge in [0.2, 0.25) is 0 Å². The van der Waals surface area contributed by atoms with Crippen LogP contribution in [0, 0.1) is 5.41 Å². The fourth-order valence-corrected chi connectivity index (χ4v) is 1.94. The first-order valence-electron chi connectivity index (χ1n) is 7.15. The van der Waals surface area contributed by atoms with E-state index in [2.05, 4.69) is 0 Å². The molecule has 0 aliphatic carbocycles. The lowest BCUT2D eigenvalue weighted by Gasteiger charge is -2.20. The maximum atomic E-state index is 12.0. The molecule has 0 N–H and O–H groups in total. The van der Waals surface area contributed by atoms with E-state index >= 15 is 0 Å². The summed E-state index contributed by atoms with van der Waals surface area (Å²) in [5.74, 6) is 0.307. The van der Waals surface area contributed by atoms with Crippen molar-refractivity contribution in [2.75, 3.05) is 7.11 Å². The second-order valence-corrected chi connectivity index (χ2v) is 5.77. The topological polar surface area (TPSA) is 65.7 Å². The van der Waals surface area contributed by atoms with Gasteiger partial charge in [0, 0.05) is 23.1 Å². The van der Waals surface area contributed by atoms with E-state index < -0.39 is 11.0 Å². The Balaban J connectivity index is 2.32. The molecule has 0 aliphatic heterocycles. The molecule has 5 heteroatoms. The van der Waals surface area contributed by atoms with E-state index in [1.807, 2.05) is 20.8 Å². The quantitative estimate of drug-likeness (QED) is 0.626. The lowest BCUT2D eigenvalue weighted by atomic mass is 9.91. The van der Waals surface area contributed by atoms with E-state index in [9.17, 15) is 9.59 Å². The van der Waals surface area contributed by atoms with E-state index in [0.717, 1.165) is 5.39 Å². The van der Waals surface area contributed by atoms with Gasteiger partial charge in [-0.1, -0.05) is 6.92 Å². The molecular formula is C17H20O5. The van der Waals surface area contributed by atoms with Gasteiger partial charge in [-0.2, -0.15) is 0 Å². The van der Waals surface area contributed by atoms with Gasteiger partial charge in [-0.25, -0.2) is 4.79 Å². The Kier molecular flexibility index (Phi) is 4.54. The highest BCUT2D eigenvalue weighted by Crippen LogP contribution is 2.25. The first kappa shape index (κ1) is 16.1. The van der Waals surface area contributed by atoms with Crippen molar-refractivity contribution in [3.63, 3.8) is 0 Å². The molecule has 1 heterocycles. The molecular weight excluding hydrogens is 284 g/mol. The Labute approximate surface area is 128 Å². The number of carbonyl (C=O) groups is 1. The van der Waals surface area contributed by atoms with Gasteiger partial charge >= 0.3 is 11.6 Å². The molecule has 1 aromatic carbocycles. The molecule has 0 fully saturated rings. The molecule has 5 nitrogen and oxygen atoms in total. The molecule has 1 aromatic heterocycles. The van der Waals surface area contributed by atoms with Crippen molar-refractivity contribution in [2.24, 2.45) is 5.41 Å². The molecule has 0 radical (unpaired) electrons. The van der Waals surface area contributed by atoms with E-state index in [1.165, 1.54) is 13.2 Å². The standard InChI is InChI=1S/C17H20O5/c1-5-17(2,3)16(19)21-10-11-8-15(18)22-14-9-12(20-4)6-7-13(11)14/h6-9H,5,10H2,1-4H3. The van der Waals surface area contributed by atoms with Crippen LogP contribution in [-0.2, 0) is 16.1 Å². The summed E-state index contributed by atoms with van der Waals surface area (Å²) in [5.41, 5.74) is 0.00160. The van der Waals surface area contributed by atoms with Crippen molar-refractivity contribution in [1.82, 2.24) is 0 Å². The lowest BCUT2D eigenvalue weighted by molar-refractivity contribution is -0.155. The predicted molar refractivity (Wildman–Crippen MR) is 82.9 cm³/mol. The summed E-state index contributed by atoms with van der Waals surface area (Å²) in [4.78, 5) is 23.7. The lowest BCUT2D eigenvalue weighted by Crippen LogP contribution is -2.25. The number of hydrogen-bond acceptors (Lipinski definition) is 5. The summed E-state index contributed by atoms with van der Waals surface area (Å²) in [5, 5.41) is 0.725. The maximum absolute atomic E-state index is 12.0. The van der Waals surface area contributed by atoms with Gasteiger partial charge in [0.15, 0.2) is 0 Å². The third-order valence-electron chi connectivity index (χ3n) is 3.83. The zero-order valence-electron chi connectivity index (χ0n) is 13.3. The molecule has 0 atom stereocenters. The smallest absolute Gasteiger partial charge is 0.336 e. The van der Waals surface area contributed by atoms with Gasteiger partial charge in [-0.3, -0.25) is 4.79 Å². The fraction of sp³-hybridized carbons (Fsp3) is 0.412. The van der Waals surface area contributed by atoms with Gasteiger partial charge < -0.3 is 13.9 Å². The van der Waals surface area contributed by atoms with Crippen LogP contribution in [0.4, 0.5) is 0 Å². The summed E-state index contributed by atoms with van der Waals surface area (Å²) in [6, 6.07) is 6.54. The van der Waals surface area contributed by atoms with E-state index in [-0.39, 0.29) is 12.6 Å². The SMILES string of the molecule is CCC(C)(C)C(=O)OCc1cc(=O)oc2cc(OC)ccc12. The molecule has 2 rings (SSSR count). The van der Waals surface area contributed by atoms with Crippen LogP contribution in [0.25, 0.3) is 11.0 Å². The average Bonchev–Trinajstić information content (AvgIpc) is 2.51. The molecule has 22 heavy (non-hydrogen) atoms. The Hall–Kier alpha value is -2.30. The van der Waals surface area contributed by atoms with Gasteiger partial charge in [0.1, 0.15) is 17.9 Å². The average molecular weight is 304 g/mol. The van der Waals surface area contributed by atoms with Crippen molar-refractivity contribution in [3.05, 3.63) is 40.2 Å². The van der Waals surface area contributed by atoms with E-state index in [0.29, 0.717) is 23.3 Å². The summed E-state index contributed by atoms with van der Waals surface area (Å²) >= 11 is 0. The molecule has 2 aromatic rings. The van der Waals surface area contributed by atoms with Gasteiger partial charge in [-0.05, 0) is 32.4 Å². The molecule has 0 saturated carbocycles. The molecule has 0 bridgehead atoms. The number of hydrogen-bond donors (Lipinski definition) is 0. The number of fused-ring (bicyclic) bond motifs is 1. The minimum atomic E-state index is -0.543. The van der Waals surface area contributed by atoms with Crippen LogP contribution in [0.1, 0.15) is 32.8 Å². The molecule has 0 unspecified atom stereocenters. The van der Waals surface area contributed by atoms with Gasteiger partial charge in [0.25, 0.3) is 0 Å². The summed E-state index contributed by atoms with van der Waals surface area (Å²) in [7, 11) is 1.54. The fourth-order valence-electron chi connectivity index (χ4n) is 1.94. The van der Waals surface area contributed by atoms with E-state index in [4.69, 9.17) is 13.9 Å². The second-order valence-electron chi connectivity index (χ2n) is 5.77. The molecule has 0 amide bonds.